The van der Waals surface area contributed by atoms with Crippen molar-refractivity contribution >= 4 is 21.8 Å². The molecule has 1 atom stereocenters. The van der Waals surface area contributed by atoms with Gasteiger partial charge in [-0.25, -0.2) is 0 Å². The van der Waals surface area contributed by atoms with Gasteiger partial charge in [-0.2, -0.15) is 0 Å². The molecule has 0 fully saturated rings. The number of halogens is 1. The molecular formula is C13H17BrN2O4. The van der Waals surface area contributed by atoms with E-state index in [4.69, 9.17) is 19.9 Å². The number of nitrogens with two attached hydrogens (primary N) is 1. The van der Waals surface area contributed by atoms with Gasteiger partial charge in [0.05, 0.1) is 11.1 Å². The molecule has 110 valence electrons. The van der Waals surface area contributed by atoms with Gasteiger partial charge in [-0.1, -0.05) is 0 Å². The molecule has 1 aliphatic rings. The lowest BCUT2D eigenvalue weighted by Gasteiger charge is -2.20. The Bertz CT molecular complexity index is 496. The smallest absolute Gasteiger partial charge is 0.239 e. The highest BCUT2D eigenvalue weighted by molar-refractivity contribution is 9.10. The Balaban J connectivity index is 2.00. The molecule has 0 saturated carbocycles. The predicted octanol–water partition coefficient (Wildman–Crippen LogP) is 0.810. The number of rotatable bonds is 5. The van der Waals surface area contributed by atoms with Crippen LogP contribution >= 0.6 is 15.9 Å². The van der Waals surface area contributed by atoms with Gasteiger partial charge in [0.1, 0.15) is 19.3 Å². The van der Waals surface area contributed by atoms with Crippen LogP contribution in [0.1, 0.15) is 5.56 Å². The number of hydrogen-bond donors (Lipinski definition) is 2. The number of amides is 1. The Hall–Kier alpha value is -1.31. The van der Waals surface area contributed by atoms with Crippen LogP contribution in [0.4, 0.5) is 0 Å². The third-order valence-corrected chi connectivity index (χ3v) is 3.40. The molecule has 1 unspecified atom stereocenters. The highest BCUT2D eigenvalue weighted by atomic mass is 79.9. The summed E-state index contributed by atoms with van der Waals surface area (Å²) in [7, 11) is 1.51. The zero-order valence-corrected chi connectivity index (χ0v) is 12.7. The largest absolute Gasteiger partial charge is 0.486 e. The third-order valence-electron chi connectivity index (χ3n) is 2.81. The summed E-state index contributed by atoms with van der Waals surface area (Å²) in [6, 6.07) is 3.07. The zero-order valence-electron chi connectivity index (χ0n) is 11.1. The van der Waals surface area contributed by atoms with Crippen LogP contribution < -0.4 is 20.5 Å². The van der Waals surface area contributed by atoms with Crippen LogP contribution in [-0.4, -0.2) is 38.9 Å². The average molecular weight is 345 g/mol. The van der Waals surface area contributed by atoms with Crippen molar-refractivity contribution in [2.24, 2.45) is 5.73 Å². The van der Waals surface area contributed by atoms with Crippen molar-refractivity contribution in [3.8, 4) is 11.5 Å². The fraction of sp³-hybridized carbons (Fsp3) is 0.462. The summed E-state index contributed by atoms with van der Waals surface area (Å²) in [6.45, 7) is 1.61. The molecule has 7 heteroatoms. The predicted molar refractivity (Wildman–Crippen MR) is 76.8 cm³/mol. The van der Waals surface area contributed by atoms with Crippen molar-refractivity contribution in [1.29, 1.82) is 0 Å². The van der Waals surface area contributed by atoms with Gasteiger partial charge in [0.2, 0.25) is 5.91 Å². The summed E-state index contributed by atoms with van der Waals surface area (Å²) < 4.78 is 16.7. The maximum Gasteiger partial charge on any atom is 0.239 e. The number of benzene rings is 1. The van der Waals surface area contributed by atoms with Gasteiger partial charge in [-0.3, -0.25) is 4.79 Å². The molecule has 0 spiro atoms. The highest BCUT2D eigenvalue weighted by Crippen LogP contribution is 2.38. The summed E-state index contributed by atoms with van der Waals surface area (Å²) in [5.74, 6) is 1.12. The first-order chi connectivity index (χ1) is 9.61. The van der Waals surface area contributed by atoms with Crippen molar-refractivity contribution in [2.45, 2.75) is 12.6 Å². The van der Waals surface area contributed by atoms with Crippen molar-refractivity contribution in [3.63, 3.8) is 0 Å². The normalized spacial score (nSPS) is 14.8. The lowest BCUT2D eigenvalue weighted by molar-refractivity contribution is -0.123. The van der Waals surface area contributed by atoms with E-state index in [1.54, 1.807) is 0 Å². The van der Waals surface area contributed by atoms with Crippen LogP contribution in [0.25, 0.3) is 0 Å². The molecule has 3 N–H and O–H groups in total. The Morgan fingerprint density at radius 2 is 2.25 bits per heavy atom. The molecule has 1 amide bonds. The molecule has 6 nitrogen and oxygen atoms in total. The minimum atomic E-state index is -0.666. The molecule has 1 aliphatic heterocycles. The topological polar surface area (TPSA) is 82.8 Å². The summed E-state index contributed by atoms with van der Waals surface area (Å²) in [5, 5.41) is 2.76. The summed E-state index contributed by atoms with van der Waals surface area (Å²) >= 11 is 3.43. The quantitative estimate of drug-likeness (QED) is 0.825. The highest BCUT2D eigenvalue weighted by Gasteiger charge is 2.17. The van der Waals surface area contributed by atoms with E-state index >= 15 is 0 Å². The Labute approximate surface area is 125 Å². The SMILES string of the molecule is COCC(N)C(=O)NCc1cc(Br)c2c(c1)OCCO2. The van der Waals surface area contributed by atoms with Crippen LogP contribution in [0.15, 0.2) is 16.6 Å². The van der Waals surface area contributed by atoms with E-state index in [9.17, 15) is 4.79 Å². The second-order valence-electron chi connectivity index (χ2n) is 4.38. The Morgan fingerprint density at radius 3 is 3.00 bits per heavy atom. The molecule has 0 saturated heterocycles. The minimum absolute atomic E-state index is 0.191. The minimum Gasteiger partial charge on any atom is -0.486 e. The number of ether oxygens (including phenoxy) is 3. The number of carbonyl (C=O) groups excluding carboxylic acids is 1. The molecule has 1 aromatic rings. The van der Waals surface area contributed by atoms with Gasteiger partial charge in [0, 0.05) is 13.7 Å². The molecule has 0 aliphatic carbocycles. The van der Waals surface area contributed by atoms with Crippen molar-refractivity contribution in [2.75, 3.05) is 26.9 Å². The zero-order chi connectivity index (χ0) is 14.5. The van der Waals surface area contributed by atoms with Crippen molar-refractivity contribution in [1.82, 2.24) is 5.32 Å². The van der Waals surface area contributed by atoms with Crippen LogP contribution in [-0.2, 0) is 16.1 Å². The molecule has 20 heavy (non-hydrogen) atoms. The third kappa shape index (κ3) is 3.62. The summed E-state index contributed by atoms with van der Waals surface area (Å²) in [4.78, 5) is 11.7. The lowest BCUT2D eigenvalue weighted by atomic mass is 10.2. The van der Waals surface area contributed by atoms with E-state index in [1.165, 1.54) is 7.11 Å². The van der Waals surface area contributed by atoms with E-state index in [-0.39, 0.29) is 12.5 Å². The van der Waals surface area contributed by atoms with Crippen LogP contribution in [0, 0.1) is 0 Å². The molecular weight excluding hydrogens is 328 g/mol. The van der Waals surface area contributed by atoms with Crippen LogP contribution in [0.2, 0.25) is 0 Å². The van der Waals surface area contributed by atoms with Gasteiger partial charge in [0.25, 0.3) is 0 Å². The summed E-state index contributed by atoms with van der Waals surface area (Å²) in [6.07, 6.45) is 0. The van der Waals surface area contributed by atoms with Gasteiger partial charge in [0.15, 0.2) is 11.5 Å². The van der Waals surface area contributed by atoms with Crippen LogP contribution in [0.3, 0.4) is 0 Å². The first-order valence-electron chi connectivity index (χ1n) is 6.22. The first-order valence-corrected chi connectivity index (χ1v) is 7.01. The fourth-order valence-corrected chi connectivity index (χ4v) is 2.45. The molecule has 2 rings (SSSR count). The maximum absolute atomic E-state index is 11.7. The molecule has 1 heterocycles. The number of hydrogen-bond acceptors (Lipinski definition) is 5. The first kappa shape index (κ1) is 15.1. The second-order valence-corrected chi connectivity index (χ2v) is 5.24. The van der Waals surface area contributed by atoms with Gasteiger partial charge < -0.3 is 25.3 Å². The second kappa shape index (κ2) is 6.92. The molecule has 0 bridgehead atoms. The molecule has 0 aromatic heterocycles. The standard InChI is InChI=1S/C13H17BrN2O4/c1-18-7-10(15)13(17)16-6-8-4-9(14)12-11(5-8)19-2-3-20-12/h4-5,10H,2-3,6-7,15H2,1H3,(H,16,17). The summed E-state index contributed by atoms with van der Waals surface area (Å²) in [5.41, 5.74) is 6.54. The van der Waals surface area contributed by atoms with Crippen molar-refractivity contribution in [3.05, 3.63) is 22.2 Å². The van der Waals surface area contributed by atoms with E-state index < -0.39 is 6.04 Å². The average Bonchev–Trinajstić information content (AvgIpc) is 2.45. The van der Waals surface area contributed by atoms with E-state index in [1.807, 2.05) is 12.1 Å². The van der Waals surface area contributed by atoms with Gasteiger partial charge in [-0.15, -0.1) is 0 Å². The number of carbonyl (C=O) groups is 1. The van der Waals surface area contributed by atoms with E-state index in [0.717, 1.165) is 10.0 Å². The number of fused-ring (bicyclic) bond motifs is 1. The fourth-order valence-electron chi connectivity index (χ4n) is 1.84. The Morgan fingerprint density at radius 1 is 1.50 bits per heavy atom. The maximum atomic E-state index is 11.7. The van der Waals surface area contributed by atoms with E-state index in [0.29, 0.717) is 31.3 Å². The van der Waals surface area contributed by atoms with Crippen LogP contribution in [0.5, 0.6) is 11.5 Å². The van der Waals surface area contributed by atoms with Gasteiger partial charge in [-0.05, 0) is 33.6 Å². The van der Waals surface area contributed by atoms with Crippen molar-refractivity contribution < 1.29 is 19.0 Å². The van der Waals surface area contributed by atoms with E-state index in [2.05, 4.69) is 21.2 Å². The van der Waals surface area contributed by atoms with Gasteiger partial charge >= 0.3 is 0 Å². The number of methoxy groups -OCH3 is 1. The monoisotopic (exact) mass is 344 g/mol. The molecule has 0 radical (unpaired) electrons. The lowest BCUT2D eigenvalue weighted by Crippen LogP contribution is -2.43. The molecule has 1 aromatic carbocycles. The number of nitrogens with one attached hydrogen (secondary N) is 1. The Kier molecular flexibility index (Phi) is 5.22.